The van der Waals surface area contributed by atoms with Crippen LogP contribution in [0.15, 0.2) is 72.1 Å². The van der Waals surface area contributed by atoms with Crippen LogP contribution in [0.2, 0.25) is 0 Å². The summed E-state index contributed by atoms with van der Waals surface area (Å²) in [4.78, 5) is 0. The molecule has 0 amide bonds. The van der Waals surface area contributed by atoms with Gasteiger partial charge >= 0.3 is 0 Å². The van der Waals surface area contributed by atoms with Crippen LogP contribution in [0.5, 0.6) is 0 Å². The lowest BCUT2D eigenvalue weighted by molar-refractivity contribution is 0.202. The summed E-state index contributed by atoms with van der Waals surface area (Å²) in [7, 11) is 0. The molecule has 0 fully saturated rings. The van der Waals surface area contributed by atoms with Gasteiger partial charge < -0.3 is 9.47 Å². The molecule has 0 aliphatic rings. The number of hydrogen-bond acceptors (Lipinski definition) is 2. The van der Waals surface area contributed by atoms with Gasteiger partial charge in [0.2, 0.25) is 0 Å². The highest BCUT2D eigenvalue weighted by Crippen LogP contribution is 2.19. The lowest BCUT2D eigenvalue weighted by Crippen LogP contribution is -2.02. The van der Waals surface area contributed by atoms with E-state index >= 15 is 0 Å². The number of rotatable bonds is 6. The first-order valence-electron chi connectivity index (χ1n) is 8.26. The summed E-state index contributed by atoms with van der Waals surface area (Å²) in [6, 6.07) is 19.9. The SMILES string of the molecule is CC(C)OC(=C=C=C(OC(C)C)c1ccccc1)c1ccccc1. The van der Waals surface area contributed by atoms with Gasteiger partial charge in [0, 0.05) is 11.1 Å². The third-order valence-corrected chi connectivity index (χ3v) is 3.07. The Morgan fingerprint density at radius 2 is 0.958 bits per heavy atom. The first-order valence-corrected chi connectivity index (χ1v) is 8.26. The largest absolute Gasteiger partial charge is 0.482 e. The fraction of sp³-hybridized carbons (Fsp3) is 0.273. The van der Waals surface area contributed by atoms with Crippen molar-refractivity contribution in [1.82, 2.24) is 0 Å². The zero-order valence-electron chi connectivity index (χ0n) is 14.7. The second kappa shape index (κ2) is 8.84. The molecule has 0 spiro atoms. The molecule has 2 nitrogen and oxygen atoms in total. The van der Waals surface area contributed by atoms with Crippen LogP contribution in [0, 0.1) is 0 Å². The third kappa shape index (κ3) is 5.52. The molecule has 0 saturated carbocycles. The molecule has 0 radical (unpaired) electrons. The molecule has 0 saturated heterocycles. The Morgan fingerprint density at radius 3 is 1.25 bits per heavy atom. The molecule has 124 valence electrons. The van der Waals surface area contributed by atoms with E-state index in [4.69, 9.17) is 9.47 Å². The summed E-state index contributed by atoms with van der Waals surface area (Å²) in [6.45, 7) is 7.99. The van der Waals surface area contributed by atoms with Crippen molar-refractivity contribution in [3.8, 4) is 0 Å². The molecular weight excluding hydrogens is 296 g/mol. The third-order valence-electron chi connectivity index (χ3n) is 3.07. The van der Waals surface area contributed by atoms with Gasteiger partial charge in [-0.25, -0.2) is 0 Å². The molecule has 24 heavy (non-hydrogen) atoms. The van der Waals surface area contributed by atoms with E-state index < -0.39 is 0 Å². The topological polar surface area (TPSA) is 18.5 Å². The predicted octanol–water partition coefficient (Wildman–Crippen LogP) is 5.67. The summed E-state index contributed by atoms with van der Waals surface area (Å²) >= 11 is 0. The molecule has 0 bridgehead atoms. The zero-order valence-corrected chi connectivity index (χ0v) is 14.7. The van der Waals surface area contributed by atoms with Crippen LogP contribution < -0.4 is 0 Å². The smallest absolute Gasteiger partial charge is 0.178 e. The van der Waals surface area contributed by atoms with Crippen molar-refractivity contribution in [2.45, 2.75) is 39.9 Å². The maximum atomic E-state index is 5.90. The zero-order chi connectivity index (χ0) is 17.4. The van der Waals surface area contributed by atoms with E-state index in [1.807, 2.05) is 88.4 Å². The Morgan fingerprint density at radius 1 is 0.625 bits per heavy atom. The second-order valence-electron chi connectivity index (χ2n) is 5.97. The average Bonchev–Trinajstić information content (AvgIpc) is 2.58. The predicted molar refractivity (Wildman–Crippen MR) is 99.2 cm³/mol. The van der Waals surface area contributed by atoms with Gasteiger partial charge in [-0.15, -0.1) is 0 Å². The van der Waals surface area contributed by atoms with Gasteiger partial charge in [0.25, 0.3) is 0 Å². The van der Waals surface area contributed by atoms with Crippen LogP contribution in [-0.2, 0) is 9.47 Å². The summed E-state index contributed by atoms with van der Waals surface area (Å²) in [5.74, 6) is 1.32. The summed E-state index contributed by atoms with van der Waals surface area (Å²) in [5.41, 5.74) is 8.24. The molecule has 0 N–H and O–H groups in total. The highest BCUT2D eigenvalue weighted by Gasteiger charge is 2.06. The van der Waals surface area contributed by atoms with Crippen molar-refractivity contribution in [1.29, 1.82) is 0 Å². The lowest BCUT2D eigenvalue weighted by Gasteiger charge is -2.12. The lowest BCUT2D eigenvalue weighted by atomic mass is 10.1. The van der Waals surface area contributed by atoms with Crippen molar-refractivity contribution >= 4 is 11.5 Å². The van der Waals surface area contributed by atoms with E-state index in [9.17, 15) is 0 Å². The number of benzene rings is 2. The molecule has 0 heterocycles. The standard InChI is InChI=1S/C22H24O2/c1-17(2)23-21(19-11-7-5-8-12-19)15-16-22(24-18(3)4)20-13-9-6-10-14-20/h5-14,17-18H,1-4H3. The molecule has 2 aromatic carbocycles. The summed E-state index contributed by atoms with van der Waals surface area (Å²) < 4.78 is 11.8. The van der Waals surface area contributed by atoms with Crippen molar-refractivity contribution in [3.63, 3.8) is 0 Å². The molecule has 0 unspecified atom stereocenters. The highest BCUT2D eigenvalue weighted by molar-refractivity contribution is 5.63. The van der Waals surface area contributed by atoms with E-state index in [0.717, 1.165) is 11.1 Å². The fourth-order valence-electron chi connectivity index (χ4n) is 2.10. The van der Waals surface area contributed by atoms with Crippen LogP contribution in [0.25, 0.3) is 11.5 Å². The minimum atomic E-state index is 0.0562. The molecule has 0 aliphatic heterocycles. The van der Waals surface area contributed by atoms with Crippen LogP contribution in [0.1, 0.15) is 38.8 Å². The van der Waals surface area contributed by atoms with Gasteiger partial charge in [0.15, 0.2) is 11.5 Å². The maximum absolute atomic E-state index is 5.90. The van der Waals surface area contributed by atoms with Gasteiger partial charge in [0.1, 0.15) is 0 Å². The quantitative estimate of drug-likeness (QED) is 0.504. The van der Waals surface area contributed by atoms with Gasteiger partial charge in [0.05, 0.1) is 12.2 Å². The van der Waals surface area contributed by atoms with Gasteiger partial charge in [-0.1, -0.05) is 60.7 Å². The first-order chi connectivity index (χ1) is 11.6. The highest BCUT2D eigenvalue weighted by atomic mass is 16.5. The van der Waals surface area contributed by atoms with E-state index in [-0.39, 0.29) is 12.2 Å². The van der Waals surface area contributed by atoms with Gasteiger partial charge in [-0.3, -0.25) is 0 Å². The van der Waals surface area contributed by atoms with Crippen molar-refractivity contribution in [2.24, 2.45) is 0 Å². The van der Waals surface area contributed by atoms with Crippen LogP contribution in [-0.4, -0.2) is 12.2 Å². The van der Waals surface area contributed by atoms with Gasteiger partial charge in [-0.2, -0.15) is 0 Å². The molecule has 0 aliphatic carbocycles. The van der Waals surface area contributed by atoms with Crippen LogP contribution in [0.4, 0.5) is 0 Å². The molecule has 2 aromatic rings. The number of ether oxygens (including phenoxy) is 2. The molecule has 0 atom stereocenters. The van der Waals surface area contributed by atoms with E-state index in [1.165, 1.54) is 0 Å². The Labute approximate surface area is 144 Å². The second-order valence-corrected chi connectivity index (χ2v) is 5.97. The van der Waals surface area contributed by atoms with E-state index in [2.05, 4.69) is 11.5 Å². The molecule has 2 heteroatoms. The minimum Gasteiger partial charge on any atom is -0.482 e. The normalized spacial score (nSPS) is 10.1. The molecule has 2 rings (SSSR count). The maximum Gasteiger partial charge on any atom is 0.178 e. The van der Waals surface area contributed by atoms with Crippen LogP contribution in [0.3, 0.4) is 0 Å². The fourth-order valence-corrected chi connectivity index (χ4v) is 2.10. The Hall–Kier alpha value is -2.66. The average molecular weight is 320 g/mol. The Balaban J connectivity index is 2.57. The minimum absolute atomic E-state index is 0.0562. The molecule has 0 aromatic heterocycles. The monoisotopic (exact) mass is 320 g/mol. The summed E-state index contributed by atoms with van der Waals surface area (Å²) in [5, 5.41) is 0. The van der Waals surface area contributed by atoms with Crippen molar-refractivity contribution in [2.75, 3.05) is 0 Å². The number of hydrogen-bond donors (Lipinski definition) is 0. The Kier molecular flexibility index (Phi) is 6.51. The van der Waals surface area contributed by atoms with E-state index in [1.54, 1.807) is 0 Å². The van der Waals surface area contributed by atoms with Gasteiger partial charge in [-0.05, 0) is 39.2 Å². The van der Waals surface area contributed by atoms with Crippen LogP contribution >= 0.6 is 0 Å². The molecular formula is C22H24O2. The Bertz CT molecular complexity index is 665. The summed E-state index contributed by atoms with van der Waals surface area (Å²) in [6.07, 6.45) is 0.112. The van der Waals surface area contributed by atoms with Crippen molar-refractivity contribution < 1.29 is 9.47 Å². The van der Waals surface area contributed by atoms with E-state index in [0.29, 0.717) is 11.5 Å². The first kappa shape index (κ1) is 17.7. The van der Waals surface area contributed by atoms with Crippen molar-refractivity contribution in [3.05, 3.63) is 83.3 Å².